The molecule has 0 bridgehead atoms. The van der Waals surface area contributed by atoms with Crippen molar-refractivity contribution in [3.8, 4) is 11.3 Å². The van der Waals surface area contributed by atoms with E-state index in [2.05, 4.69) is 5.32 Å². The zero-order valence-electron chi connectivity index (χ0n) is 15.5. The third-order valence-corrected chi connectivity index (χ3v) is 5.06. The number of carbonyl (C=O) groups is 1. The zero-order chi connectivity index (χ0) is 19.3. The first kappa shape index (κ1) is 18.7. The van der Waals surface area contributed by atoms with Crippen LogP contribution in [0.25, 0.3) is 11.3 Å². The van der Waals surface area contributed by atoms with Gasteiger partial charge in [-0.05, 0) is 30.5 Å². The summed E-state index contributed by atoms with van der Waals surface area (Å²) in [5.74, 6) is -0.125. The fourth-order valence-corrected chi connectivity index (χ4v) is 3.50. The van der Waals surface area contributed by atoms with Crippen LogP contribution < -0.4 is 5.32 Å². The van der Waals surface area contributed by atoms with E-state index in [1.54, 1.807) is 0 Å². The number of amides is 1. The topological polar surface area (TPSA) is 56.1 Å². The number of halogens is 1. The maximum Gasteiger partial charge on any atom is 0.255 e. The van der Waals surface area contributed by atoms with Crippen molar-refractivity contribution in [2.24, 2.45) is 0 Å². The molecule has 28 heavy (non-hydrogen) atoms. The van der Waals surface area contributed by atoms with E-state index in [4.69, 9.17) is 21.4 Å². The lowest BCUT2D eigenvalue weighted by Crippen LogP contribution is -2.40. The van der Waals surface area contributed by atoms with Gasteiger partial charge in [0.1, 0.15) is 5.69 Å². The molecule has 4 rings (SSSR count). The molecule has 1 atom stereocenters. The second-order valence-electron chi connectivity index (χ2n) is 6.97. The molecule has 1 aliphatic rings. The molecule has 5 nitrogen and oxygen atoms in total. The Labute approximate surface area is 169 Å². The van der Waals surface area contributed by atoms with E-state index >= 15 is 0 Å². The summed E-state index contributed by atoms with van der Waals surface area (Å²) >= 11 is 6.02. The molecule has 0 saturated carbocycles. The summed E-state index contributed by atoms with van der Waals surface area (Å²) < 4.78 is 7.29. The van der Waals surface area contributed by atoms with Crippen molar-refractivity contribution >= 4 is 17.5 Å². The molecule has 1 saturated heterocycles. The Kier molecular flexibility index (Phi) is 5.74. The van der Waals surface area contributed by atoms with Crippen LogP contribution in [0.15, 0.2) is 60.8 Å². The van der Waals surface area contributed by atoms with E-state index in [0.717, 1.165) is 30.6 Å². The monoisotopic (exact) mass is 395 g/mol. The maximum atomic E-state index is 13.0. The molecule has 6 heteroatoms. The summed E-state index contributed by atoms with van der Waals surface area (Å²) in [5, 5.41) is 8.44. The highest BCUT2D eigenvalue weighted by atomic mass is 35.5. The lowest BCUT2D eigenvalue weighted by molar-refractivity contribution is 0.0624. The van der Waals surface area contributed by atoms with Gasteiger partial charge in [0.25, 0.3) is 5.91 Å². The van der Waals surface area contributed by atoms with Gasteiger partial charge in [0, 0.05) is 23.4 Å². The third kappa shape index (κ3) is 4.43. The van der Waals surface area contributed by atoms with Gasteiger partial charge in [-0.3, -0.25) is 9.48 Å². The summed E-state index contributed by atoms with van der Waals surface area (Å²) in [6.07, 6.45) is 3.71. The molecule has 1 unspecified atom stereocenters. The molecular weight excluding hydrogens is 374 g/mol. The number of ether oxygens (including phenoxy) is 1. The van der Waals surface area contributed by atoms with Gasteiger partial charge in [-0.1, -0.05) is 54.1 Å². The van der Waals surface area contributed by atoms with Crippen LogP contribution in [-0.4, -0.2) is 34.9 Å². The van der Waals surface area contributed by atoms with Gasteiger partial charge in [0.05, 0.1) is 24.8 Å². The Morgan fingerprint density at radius 3 is 2.68 bits per heavy atom. The van der Waals surface area contributed by atoms with Gasteiger partial charge in [-0.2, -0.15) is 5.10 Å². The van der Waals surface area contributed by atoms with E-state index in [-0.39, 0.29) is 11.9 Å². The summed E-state index contributed by atoms with van der Waals surface area (Å²) in [7, 11) is 0. The minimum absolute atomic E-state index is 0.0387. The summed E-state index contributed by atoms with van der Waals surface area (Å²) in [6.45, 7) is 1.92. The molecule has 1 aliphatic heterocycles. The number of nitrogens with one attached hydrogen (secondary N) is 1. The number of rotatable bonds is 5. The van der Waals surface area contributed by atoms with Crippen LogP contribution in [0.4, 0.5) is 0 Å². The molecule has 1 N–H and O–H groups in total. The van der Waals surface area contributed by atoms with E-state index in [1.165, 1.54) is 0 Å². The van der Waals surface area contributed by atoms with Gasteiger partial charge in [-0.15, -0.1) is 0 Å². The molecule has 0 aliphatic carbocycles. The van der Waals surface area contributed by atoms with Crippen molar-refractivity contribution in [2.75, 3.05) is 13.2 Å². The average molecular weight is 396 g/mol. The Morgan fingerprint density at radius 2 is 1.96 bits per heavy atom. The fraction of sp³-hybridized carbons (Fsp3) is 0.273. The first-order valence-electron chi connectivity index (χ1n) is 9.45. The van der Waals surface area contributed by atoms with Crippen LogP contribution >= 0.6 is 11.6 Å². The molecule has 2 heterocycles. The summed E-state index contributed by atoms with van der Waals surface area (Å²) in [5.41, 5.74) is 3.20. The molecule has 144 valence electrons. The van der Waals surface area contributed by atoms with Gasteiger partial charge in [-0.25, -0.2) is 0 Å². The Morgan fingerprint density at radius 1 is 1.18 bits per heavy atom. The van der Waals surface area contributed by atoms with Gasteiger partial charge >= 0.3 is 0 Å². The average Bonchev–Trinajstić information content (AvgIpc) is 3.14. The predicted octanol–water partition coefficient (Wildman–Crippen LogP) is 4.16. The zero-order valence-corrected chi connectivity index (χ0v) is 16.2. The second-order valence-corrected chi connectivity index (χ2v) is 7.41. The molecular formula is C22H22ClN3O2. The van der Waals surface area contributed by atoms with Gasteiger partial charge in [0.2, 0.25) is 0 Å². The smallest absolute Gasteiger partial charge is 0.255 e. The SMILES string of the molecule is O=C(NC1CCCOC1)c1cn(Cc2ccccc2)nc1-c1ccc(Cl)cc1. The molecule has 0 radical (unpaired) electrons. The highest BCUT2D eigenvalue weighted by Gasteiger charge is 2.22. The summed E-state index contributed by atoms with van der Waals surface area (Å²) in [4.78, 5) is 13.0. The van der Waals surface area contributed by atoms with E-state index < -0.39 is 0 Å². The van der Waals surface area contributed by atoms with Gasteiger partial charge in [0.15, 0.2) is 0 Å². The summed E-state index contributed by atoms with van der Waals surface area (Å²) in [6, 6.07) is 17.5. The standard InChI is InChI=1S/C22H22ClN3O2/c23-18-10-8-17(9-11-18)21-20(22(27)24-19-7-4-12-28-15-19)14-26(25-21)13-16-5-2-1-3-6-16/h1-3,5-6,8-11,14,19H,4,7,12-13,15H2,(H,24,27). The van der Waals surface area contributed by atoms with Crippen molar-refractivity contribution in [2.45, 2.75) is 25.4 Å². The first-order valence-corrected chi connectivity index (χ1v) is 9.83. The molecule has 0 spiro atoms. The second kappa shape index (κ2) is 8.59. The van der Waals surface area contributed by atoms with Crippen molar-refractivity contribution in [3.63, 3.8) is 0 Å². The Hall–Kier alpha value is -2.63. The number of nitrogens with zero attached hydrogens (tertiary/aromatic N) is 2. The van der Waals surface area contributed by atoms with E-state index in [0.29, 0.717) is 29.4 Å². The number of hydrogen-bond acceptors (Lipinski definition) is 3. The van der Waals surface area contributed by atoms with Crippen LogP contribution in [0.5, 0.6) is 0 Å². The molecule has 3 aromatic rings. The van der Waals surface area contributed by atoms with Crippen molar-refractivity contribution < 1.29 is 9.53 Å². The van der Waals surface area contributed by atoms with Crippen molar-refractivity contribution in [1.29, 1.82) is 0 Å². The van der Waals surface area contributed by atoms with Crippen LogP contribution in [0.1, 0.15) is 28.8 Å². The third-order valence-electron chi connectivity index (χ3n) is 4.81. The number of benzene rings is 2. The largest absolute Gasteiger partial charge is 0.379 e. The molecule has 1 aromatic heterocycles. The first-order chi connectivity index (χ1) is 13.7. The molecule has 1 amide bonds. The van der Waals surface area contributed by atoms with Crippen molar-refractivity contribution in [1.82, 2.24) is 15.1 Å². The minimum atomic E-state index is -0.125. The minimum Gasteiger partial charge on any atom is -0.379 e. The Bertz CT molecular complexity index is 932. The Balaban J connectivity index is 1.63. The maximum absolute atomic E-state index is 13.0. The number of carbonyl (C=O) groups excluding carboxylic acids is 1. The highest BCUT2D eigenvalue weighted by Crippen LogP contribution is 2.24. The van der Waals surface area contributed by atoms with Crippen LogP contribution in [0.3, 0.4) is 0 Å². The normalized spacial score (nSPS) is 16.7. The van der Waals surface area contributed by atoms with Gasteiger partial charge < -0.3 is 10.1 Å². The predicted molar refractivity (Wildman–Crippen MR) is 110 cm³/mol. The quantitative estimate of drug-likeness (QED) is 0.705. The highest BCUT2D eigenvalue weighted by molar-refractivity contribution is 6.30. The van der Waals surface area contributed by atoms with Crippen LogP contribution in [0, 0.1) is 0 Å². The number of aromatic nitrogens is 2. The molecule has 1 fully saturated rings. The van der Waals surface area contributed by atoms with Crippen molar-refractivity contribution in [3.05, 3.63) is 76.9 Å². The number of hydrogen-bond donors (Lipinski definition) is 1. The lowest BCUT2D eigenvalue weighted by Gasteiger charge is -2.23. The van der Waals surface area contributed by atoms with Crippen LogP contribution in [-0.2, 0) is 11.3 Å². The van der Waals surface area contributed by atoms with E-state index in [1.807, 2.05) is 65.5 Å². The van der Waals surface area contributed by atoms with E-state index in [9.17, 15) is 4.79 Å². The molecule has 2 aromatic carbocycles. The van der Waals surface area contributed by atoms with Crippen LogP contribution in [0.2, 0.25) is 5.02 Å². The lowest BCUT2D eigenvalue weighted by atomic mass is 10.1. The fourth-order valence-electron chi connectivity index (χ4n) is 3.38.